The van der Waals surface area contributed by atoms with Crippen LogP contribution in [0.2, 0.25) is 0 Å². The molecule has 0 aliphatic carbocycles. The molecule has 0 N–H and O–H groups in total. The summed E-state index contributed by atoms with van der Waals surface area (Å²) in [6, 6.07) is 11.6. The number of fused-ring (bicyclic) bond motifs is 1. The quantitative estimate of drug-likeness (QED) is 0.502. The van der Waals surface area contributed by atoms with Crippen molar-refractivity contribution in [3.05, 3.63) is 59.9 Å². The summed E-state index contributed by atoms with van der Waals surface area (Å²) in [5.41, 5.74) is 4.51. The summed E-state index contributed by atoms with van der Waals surface area (Å²) >= 11 is 0. The zero-order chi connectivity index (χ0) is 18.5. The number of aromatic nitrogens is 1. The van der Waals surface area contributed by atoms with Gasteiger partial charge in [-0.1, -0.05) is 25.1 Å². The molecule has 136 valence electrons. The van der Waals surface area contributed by atoms with Crippen LogP contribution in [0.15, 0.2) is 59.4 Å². The normalized spacial score (nSPS) is 21.9. The van der Waals surface area contributed by atoms with E-state index in [1.807, 2.05) is 31.5 Å². The fourth-order valence-electron chi connectivity index (χ4n) is 3.99. The number of allylic oxidation sites excluding steroid dienone is 3. The summed E-state index contributed by atoms with van der Waals surface area (Å²) < 4.78 is 0. The molecular weight excluding hydrogens is 318 g/mol. The highest BCUT2D eigenvalue weighted by Crippen LogP contribution is 2.30. The van der Waals surface area contributed by atoms with Crippen LogP contribution in [-0.2, 0) is 0 Å². The lowest BCUT2D eigenvalue weighted by Crippen LogP contribution is -2.31. The fourth-order valence-corrected chi connectivity index (χ4v) is 3.99. The Balaban J connectivity index is 2.04. The maximum Gasteiger partial charge on any atom is 0.0708 e. The molecule has 2 atom stereocenters. The van der Waals surface area contributed by atoms with E-state index in [2.05, 4.69) is 66.0 Å². The Morgan fingerprint density at radius 1 is 1.15 bits per heavy atom. The molecule has 2 heterocycles. The minimum absolute atomic E-state index is 0.615. The van der Waals surface area contributed by atoms with E-state index in [0.29, 0.717) is 12.1 Å². The van der Waals surface area contributed by atoms with Crippen LogP contribution in [0.5, 0.6) is 0 Å². The minimum Gasteiger partial charge on any atom is -0.369 e. The molecule has 1 aromatic carbocycles. The van der Waals surface area contributed by atoms with Gasteiger partial charge in [0.15, 0.2) is 0 Å². The van der Waals surface area contributed by atoms with E-state index < -0.39 is 0 Å². The van der Waals surface area contributed by atoms with Gasteiger partial charge in [-0.2, -0.15) is 0 Å². The number of nitrogens with zero attached hydrogens (tertiary/aromatic N) is 3. The average molecular weight is 348 g/mol. The van der Waals surface area contributed by atoms with Crippen LogP contribution < -0.4 is 0 Å². The minimum atomic E-state index is 0.615. The molecule has 3 rings (SSSR count). The smallest absolute Gasteiger partial charge is 0.0708 e. The van der Waals surface area contributed by atoms with Crippen molar-refractivity contribution in [3.8, 4) is 0 Å². The monoisotopic (exact) mass is 347 g/mol. The Bertz CT molecular complexity index is 832. The summed E-state index contributed by atoms with van der Waals surface area (Å²) in [7, 11) is 0. The summed E-state index contributed by atoms with van der Waals surface area (Å²) in [6.45, 7) is 8.87. The molecule has 3 heteroatoms. The van der Waals surface area contributed by atoms with Crippen LogP contribution in [0.1, 0.15) is 52.5 Å². The van der Waals surface area contributed by atoms with E-state index in [9.17, 15) is 0 Å². The Hall–Kier alpha value is -2.42. The zero-order valence-corrected chi connectivity index (χ0v) is 16.3. The van der Waals surface area contributed by atoms with Gasteiger partial charge in [-0.05, 0) is 64.3 Å². The molecule has 1 aliphatic rings. The number of hydrogen-bond donors (Lipinski definition) is 0. The number of likely N-dealkylation sites (tertiary alicyclic amines) is 1. The van der Waals surface area contributed by atoms with Crippen molar-refractivity contribution in [1.82, 2.24) is 9.88 Å². The summed E-state index contributed by atoms with van der Waals surface area (Å²) in [5, 5.41) is 1.14. The molecule has 1 aromatic heterocycles. The van der Waals surface area contributed by atoms with Gasteiger partial charge in [0, 0.05) is 41.1 Å². The summed E-state index contributed by atoms with van der Waals surface area (Å²) in [6.07, 6.45) is 11.7. The highest BCUT2D eigenvalue weighted by Gasteiger charge is 2.27. The first-order valence-electron chi connectivity index (χ1n) is 9.67. The standard InChI is InChI=1S/C23H29N3/c1-5-19(26-17(3)12-13-18(26)4)14-15-23(24-6-2)20-9-7-11-22-21(20)10-8-16-25-22/h6-11,14-18H,5,12-13H2,1-4H3/b19-14+,23-15-,24-6?/t17-,18+. The van der Waals surface area contributed by atoms with Gasteiger partial charge in [0.05, 0.1) is 11.2 Å². The molecule has 0 radical (unpaired) electrons. The SMILES string of the molecule is CC=N/C(=C\C=C(/CC)N1[C@H](C)CC[C@@H]1C)c1cccc2ncccc12. The second-order valence-electron chi connectivity index (χ2n) is 7.01. The first kappa shape index (κ1) is 18.4. The molecule has 0 amide bonds. The van der Waals surface area contributed by atoms with Gasteiger partial charge >= 0.3 is 0 Å². The van der Waals surface area contributed by atoms with Crippen molar-refractivity contribution in [3.63, 3.8) is 0 Å². The molecule has 26 heavy (non-hydrogen) atoms. The van der Waals surface area contributed by atoms with E-state index in [0.717, 1.165) is 28.6 Å². The average Bonchev–Trinajstić information content (AvgIpc) is 3.00. The second-order valence-corrected chi connectivity index (χ2v) is 7.01. The highest BCUT2D eigenvalue weighted by molar-refractivity contribution is 5.92. The van der Waals surface area contributed by atoms with E-state index in [-0.39, 0.29) is 0 Å². The van der Waals surface area contributed by atoms with Crippen LogP contribution in [0.3, 0.4) is 0 Å². The predicted octanol–water partition coefficient (Wildman–Crippen LogP) is 5.83. The molecule has 1 aliphatic heterocycles. The van der Waals surface area contributed by atoms with Gasteiger partial charge in [0.25, 0.3) is 0 Å². The lowest BCUT2D eigenvalue weighted by atomic mass is 10.0. The number of pyridine rings is 1. The van der Waals surface area contributed by atoms with Crippen molar-refractivity contribution in [1.29, 1.82) is 0 Å². The Labute approximate surface area is 157 Å². The molecule has 0 saturated carbocycles. The molecule has 2 aromatic rings. The molecule has 0 unspecified atom stereocenters. The van der Waals surface area contributed by atoms with Crippen LogP contribution in [-0.4, -0.2) is 28.2 Å². The Morgan fingerprint density at radius 3 is 2.62 bits per heavy atom. The van der Waals surface area contributed by atoms with Crippen molar-refractivity contribution in [2.75, 3.05) is 0 Å². The van der Waals surface area contributed by atoms with Crippen LogP contribution in [0, 0.1) is 0 Å². The summed E-state index contributed by atoms with van der Waals surface area (Å²) in [4.78, 5) is 11.7. The lowest BCUT2D eigenvalue weighted by molar-refractivity contribution is 0.270. The van der Waals surface area contributed by atoms with E-state index in [4.69, 9.17) is 0 Å². The zero-order valence-electron chi connectivity index (χ0n) is 16.3. The van der Waals surface area contributed by atoms with E-state index in [1.165, 1.54) is 18.5 Å². The van der Waals surface area contributed by atoms with Crippen molar-refractivity contribution < 1.29 is 0 Å². The van der Waals surface area contributed by atoms with Crippen LogP contribution in [0.25, 0.3) is 16.6 Å². The van der Waals surface area contributed by atoms with Crippen molar-refractivity contribution >= 4 is 22.8 Å². The number of aliphatic imine (C=N–C) groups is 1. The third kappa shape index (κ3) is 3.72. The predicted molar refractivity (Wildman–Crippen MR) is 112 cm³/mol. The Kier molecular flexibility index (Phi) is 5.87. The molecular formula is C23H29N3. The van der Waals surface area contributed by atoms with Gasteiger partial charge in [0.1, 0.15) is 0 Å². The third-order valence-electron chi connectivity index (χ3n) is 5.27. The van der Waals surface area contributed by atoms with Gasteiger partial charge in [-0.15, -0.1) is 0 Å². The maximum absolute atomic E-state index is 4.66. The number of benzene rings is 1. The van der Waals surface area contributed by atoms with Gasteiger partial charge in [-0.25, -0.2) is 0 Å². The number of rotatable bonds is 5. The van der Waals surface area contributed by atoms with E-state index in [1.54, 1.807) is 0 Å². The fraction of sp³-hybridized carbons (Fsp3) is 0.391. The second kappa shape index (κ2) is 8.31. The van der Waals surface area contributed by atoms with Crippen LogP contribution >= 0.6 is 0 Å². The third-order valence-corrected chi connectivity index (χ3v) is 5.27. The first-order valence-corrected chi connectivity index (χ1v) is 9.67. The lowest BCUT2D eigenvalue weighted by Gasteiger charge is -2.30. The molecule has 0 bridgehead atoms. The van der Waals surface area contributed by atoms with E-state index >= 15 is 0 Å². The topological polar surface area (TPSA) is 28.5 Å². The van der Waals surface area contributed by atoms with Gasteiger partial charge in [-0.3, -0.25) is 9.98 Å². The van der Waals surface area contributed by atoms with Crippen LogP contribution in [0.4, 0.5) is 0 Å². The maximum atomic E-state index is 4.66. The summed E-state index contributed by atoms with van der Waals surface area (Å²) in [5.74, 6) is 0. The molecule has 1 fully saturated rings. The van der Waals surface area contributed by atoms with Gasteiger partial charge < -0.3 is 4.90 Å². The number of hydrogen-bond acceptors (Lipinski definition) is 3. The van der Waals surface area contributed by atoms with Crippen molar-refractivity contribution in [2.24, 2.45) is 4.99 Å². The van der Waals surface area contributed by atoms with Crippen molar-refractivity contribution in [2.45, 2.75) is 59.0 Å². The largest absolute Gasteiger partial charge is 0.369 e. The Morgan fingerprint density at radius 2 is 1.92 bits per heavy atom. The molecule has 1 saturated heterocycles. The highest BCUT2D eigenvalue weighted by atomic mass is 15.2. The first-order chi connectivity index (χ1) is 12.7. The van der Waals surface area contributed by atoms with Gasteiger partial charge in [0.2, 0.25) is 0 Å². The molecule has 3 nitrogen and oxygen atoms in total. The molecule has 0 spiro atoms.